The summed E-state index contributed by atoms with van der Waals surface area (Å²) in [4.78, 5) is 11.4. The maximum absolute atomic E-state index is 12.8. The predicted molar refractivity (Wildman–Crippen MR) is 66.2 cm³/mol. The third kappa shape index (κ3) is 3.07. The van der Waals surface area contributed by atoms with Gasteiger partial charge in [0.25, 0.3) is 0 Å². The summed E-state index contributed by atoms with van der Waals surface area (Å²) in [5.41, 5.74) is 0.855. The molecule has 0 atom stereocenters. The minimum atomic E-state index is -0.940. The summed E-state index contributed by atoms with van der Waals surface area (Å²) < 4.78 is 14.1. The maximum atomic E-state index is 12.8. The lowest BCUT2D eigenvalue weighted by molar-refractivity contribution is -0.137. The van der Waals surface area contributed by atoms with Gasteiger partial charge in [-0.05, 0) is 19.1 Å². The van der Waals surface area contributed by atoms with Gasteiger partial charge in [0.1, 0.15) is 6.54 Å². The highest BCUT2D eigenvalue weighted by Crippen LogP contribution is 2.17. The zero-order valence-electron chi connectivity index (χ0n) is 9.68. The van der Waals surface area contributed by atoms with E-state index in [4.69, 9.17) is 5.11 Å². The second-order valence-electron chi connectivity index (χ2n) is 3.81. The molecular weight excluding hydrogens is 257 g/mol. The van der Waals surface area contributed by atoms with Gasteiger partial charge < -0.3 is 10.4 Å². The van der Waals surface area contributed by atoms with Crippen LogP contribution in [0, 0.1) is 12.1 Å². The van der Waals surface area contributed by atoms with Crippen LogP contribution in [0.2, 0.25) is 0 Å². The molecule has 2 N–H and O–H groups in total. The Balaban J connectivity index is 2.00. The normalized spacial score (nSPS) is 10.6. The van der Waals surface area contributed by atoms with E-state index in [9.17, 15) is 9.18 Å². The summed E-state index contributed by atoms with van der Waals surface area (Å²) >= 11 is 1.07. The Morgan fingerprint density at radius 3 is 3.00 bits per heavy atom. The predicted octanol–water partition coefficient (Wildman–Crippen LogP) is 2.09. The Labute approximate surface area is 107 Å². The van der Waals surface area contributed by atoms with Crippen LogP contribution in [-0.2, 0) is 17.9 Å². The molecule has 0 saturated heterocycles. The number of hydrogen-bond donors (Lipinski definition) is 2. The molecule has 96 valence electrons. The number of hydrogen-bond acceptors (Lipinski definition) is 4. The number of carboxylic acid groups (broad SMARTS) is 1. The minimum absolute atomic E-state index is 0.170. The van der Waals surface area contributed by atoms with Crippen LogP contribution in [0.5, 0.6) is 0 Å². The molecule has 0 saturated carbocycles. The monoisotopic (exact) mass is 269 g/mol. The molecule has 2 aromatic heterocycles. The van der Waals surface area contributed by atoms with Gasteiger partial charge >= 0.3 is 5.97 Å². The fraction of sp³-hybridized carbons (Fsp3) is 0.273. The number of aliphatic carboxylic acids is 1. The fourth-order valence-electron chi connectivity index (χ4n) is 1.53. The number of carboxylic acids is 1. The lowest BCUT2D eigenvalue weighted by atomic mass is 10.3. The molecule has 7 heteroatoms. The van der Waals surface area contributed by atoms with E-state index in [1.165, 1.54) is 10.7 Å². The number of halogens is 1. The van der Waals surface area contributed by atoms with Gasteiger partial charge in [-0.15, -0.1) is 11.3 Å². The minimum Gasteiger partial charge on any atom is -0.480 e. The first-order valence-electron chi connectivity index (χ1n) is 5.28. The summed E-state index contributed by atoms with van der Waals surface area (Å²) in [5, 5.41) is 15.6. The van der Waals surface area contributed by atoms with E-state index < -0.39 is 5.97 Å². The molecule has 0 aliphatic heterocycles. The molecule has 0 spiro atoms. The molecule has 0 fully saturated rings. The summed E-state index contributed by atoms with van der Waals surface area (Å²) in [6, 6.07) is 3.12. The van der Waals surface area contributed by atoms with Crippen LogP contribution < -0.4 is 5.32 Å². The molecule has 0 aliphatic rings. The highest BCUT2D eigenvalue weighted by Gasteiger charge is 2.07. The van der Waals surface area contributed by atoms with Crippen LogP contribution in [0.15, 0.2) is 18.3 Å². The zero-order chi connectivity index (χ0) is 13.1. The van der Waals surface area contributed by atoms with E-state index in [1.54, 1.807) is 12.3 Å². The van der Waals surface area contributed by atoms with Crippen LogP contribution in [0.3, 0.4) is 0 Å². The third-order valence-electron chi connectivity index (χ3n) is 2.30. The van der Waals surface area contributed by atoms with Gasteiger partial charge in [0.15, 0.2) is 10.9 Å². The van der Waals surface area contributed by atoms with Crippen LogP contribution in [0.4, 0.5) is 10.2 Å². The Kier molecular flexibility index (Phi) is 3.61. The fourth-order valence-corrected chi connectivity index (χ4v) is 2.20. The SMILES string of the molecule is Cc1cn(CC(=O)O)nc1NCc1ccc(F)s1. The maximum Gasteiger partial charge on any atom is 0.325 e. The standard InChI is InChI=1S/C11H12FN3O2S/c1-7-5-15(6-10(16)17)14-11(7)13-4-8-2-3-9(12)18-8/h2-3,5H,4,6H2,1H3,(H,13,14)(H,16,17). The van der Waals surface area contributed by atoms with E-state index in [-0.39, 0.29) is 11.7 Å². The van der Waals surface area contributed by atoms with Crippen LogP contribution in [0.1, 0.15) is 10.4 Å². The largest absolute Gasteiger partial charge is 0.480 e. The van der Waals surface area contributed by atoms with Gasteiger partial charge in [0.05, 0.1) is 6.54 Å². The molecule has 5 nitrogen and oxygen atoms in total. The smallest absolute Gasteiger partial charge is 0.325 e. The highest BCUT2D eigenvalue weighted by atomic mass is 32.1. The number of thiophene rings is 1. The number of nitrogens with one attached hydrogen (secondary N) is 1. The Morgan fingerprint density at radius 2 is 2.39 bits per heavy atom. The third-order valence-corrected chi connectivity index (χ3v) is 3.17. The zero-order valence-corrected chi connectivity index (χ0v) is 10.5. The van der Waals surface area contributed by atoms with Crippen molar-refractivity contribution in [3.05, 3.63) is 33.9 Å². The number of nitrogens with zero attached hydrogens (tertiary/aromatic N) is 2. The van der Waals surface area contributed by atoms with Crippen LogP contribution in [0.25, 0.3) is 0 Å². The average Bonchev–Trinajstić information content (AvgIpc) is 2.82. The molecule has 0 aromatic carbocycles. The Hall–Kier alpha value is -1.89. The van der Waals surface area contributed by atoms with E-state index in [1.807, 2.05) is 6.92 Å². The number of aryl methyl sites for hydroxylation is 1. The van der Waals surface area contributed by atoms with Crippen LogP contribution >= 0.6 is 11.3 Å². The number of carbonyl (C=O) groups is 1. The molecular formula is C11H12FN3O2S. The number of anilines is 1. The highest BCUT2D eigenvalue weighted by molar-refractivity contribution is 7.10. The van der Waals surface area contributed by atoms with Crippen molar-refractivity contribution >= 4 is 23.1 Å². The van der Waals surface area contributed by atoms with Crippen LogP contribution in [-0.4, -0.2) is 20.9 Å². The summed E-state index contributed by atoms with van der Waals surface area (Å²) in [7, 11) is 0. The summed E-state index contributed by atoms with van der Waals surface area (Å²) in [6.45, 7) is 2.14. The Morgan fingerprint density at radius 1 is 1.61 bits per heavy atom. The molecule has 0 radical (unpaired) electrons. The van der Waals surface area contributed by atoms with Crippen molar-refractivity contribution in [1.82, 2.24) is 9.78 Å². The van der Waals surface area contributed by atoms with E-state index in [2.05, 4.69) is 10.4 Å². The van der Waals surface area contributed by atoms with E-state index >= 15 is 0 Å². The van der Waals surface area contributed by atoms with Gasteiger partial charge in [-0.1, -0.05) is 0 Å². The molecule has 0 aliphatic carbocycles. The van der Waals surface area contributed by atoms with Gasteiger partial charge in [-0.3, -0.25) is 9.48 Å². The molecule has 0 amide bonds. The van der Waals surface area contributed by atoms with Crippen molar-refractivity contribution in [3.8, 4) is 0 Å². The van der Waals surface area contributed by atoms with Crippen molar-refractivity contribution in [2.75, 3.05) is 5.32 Å². The van der Waals surface area contributed by atoms with E-state index in [0.29, 0.717) is 12.4 Å². The second-order valence-corrected chi connectivity index (χ2v) is 4.93. The summed E-state index contributed by atoms with van der Waals surface area (Å²) in [6.07, 6.45) is 1.66. The van der Waals surface area contributed by atoms with Gasteiger partial charge in [0, 0.05) is 16.6 Å². The number of aromatic nitrogens is 2. The molecule has 2 aromatic rings. The average molecular weight is 269 g/mol. The van der Waals surface area contributed by atoms with Crippen molar-refractivity contribution in [2.24, 2.45) is 0 Å². The van der Waals surface area contributed by atoms with Crippen molar-refractivity contribution in [2.45, 2.75) is 20.0 Å². The second kappa shape index (κ2) is 5.18. The molecule has 2 heterocycles. The molecule has 0 unspecified atom stereocenters. The molecule has 0 bridgehead atoms. The summed E-state index contributed by atoms with van der Waals surface area (Å²) in [5.74, 6) is -0.325. The first kappa shape index (κ1) is 12.6. The van der Waals surface area contributed by atoms with Crippen molar-refractivity contribution in [3.63, 3.8) is 0 Å². The first-order valence-corrected chi connectivity index (χ1v) is 6.10. The van der Waals surface area contributed by atoms with E-state index in [0.717, 1.165) is 21.8 Å². The lowest BCUT2D eigenvalue weighted by Gasteiger charge is -2.01. The topological polar surface area (TPSA) is 67.2 Å². The number of rotatable bonds is 5. The first-order chi connectivity index (χ1) is 8.54. The molecule has 18 heavy (non-hydrogen) atoms. The lowest BCUT2D eigenvalue weighted by Crippen LogP contribution is -2.09. The quantitative estimate of drug-likeness (QED) is 0.872. The Bertz CT molecular complexity index is 564. The van der Waals surface area contributed by atoms with Gasteiger partial charge in [-0.25, -0.2) is 0 Å². The van der Waals surface area contributed by atoms with Gasteiger partial charge in [-0.2, -0.15) is 9.49 Å². The van der Waals surface area contributed by atoms with Gasteiger partial charge in [0.2, 0.25) is 0 Å². The van der Waals surface area contributed by atoms with Crippen molar-refractivity contribution < 1.29 is 14.3 Å². The molecule has 2 rings (SSSR count). The van der Waals surface area contributed by atoms with Crippen molar-refractivity contribution in [1.29, 1.82) is 0 Å².